The number of likely N-dealkylation sites (N-methyl/N-ethyl adjacent to an activating group) is 1. The summed E-state index contributed by atoms with van der Waals surface area (Å²) < 4.78 is 0. The molecule has 0 spiro atoms. The second-order valence-corrected chi connectivity index (χ2v) is 1.40. The smallest absolute Gasteiger partial charge is 0.239 e. The lowest BCUT2D eigenvalue weighted by Gasteiger charge is -2.03. The summed E-state index contributed by atoms with van der Waals surface area (Å²) in [6, 6.07) is -0.778. The predicted molar refractivity (Wildman–Crippen MR) is 36.4 cm³/mol. The molecule has 0 heterocycles. The Bertz CT molecular complexity index is 88.6. The number of nitrogens with one attached hydrogen (secondary N) is 1. The van der Waals surface area contributed by atoms with Crippen molar-refractivity contribution < 1.29 is 9.90 Å². The van der Waals surface area contributed by atoms with E-state index >= 15 is 0 Å². The molecule has 1 unspecified atom stereocenters. The Hall–Kier alpha value is -0.320. The van der Waals surface area contributed by atoms with Crippen molar-refractivity contribution in [1.29, 1.82) is 0 Å². The minimum Gasteiger partial charge on any atom is -0.394 e. The van der Waals surface area contributed by atoms with Gasteiger partial charge in [0, 0.05) is 7.05 Å². The first kappa shape index (κ1) is 11.5. The third kappa shape index (κ3) is 4.20. The fraction of sp³-hybridized carbons (Fsp3) is 0.750. The van der Waals surface area contributed by atoms with E-state index in [1.165, 1.54) is 7.05 Å². The molecule has 0 bridgehead atoms. The Balaban J connectivity index is 0. The molecule has 1 amide bonds. The van der Waals surface area contributed by atoms with E-state index in [9.17, 15) is 4.79 Å². The molecule has 4 N–H and O–H groups in total. The van der Waals surface area contributed by atoms with Gasteiger partial charge in [-0.25, -0.2) is 0 Å². The lowest BCUT2D eigenvalue weighted by atomic mass is 10.3. The topological polar surface area (TPSA) is 75.4 Å². The van der Waals surface area contributed by atoms with E-state index in [1.807, 2.05) is 0 Å². The third-order valence-corrected chi connectivity index (χ3v) is 0.780. The maximum Gasteiger partial charge on any atom is 0.239 e. The summed E-state index contributed by atoms with van der Waals surface area (Å²) in [5, 5.41) is 10.5. The normalized spacial score (nSPS) is 11.4. The van der Waals surface area contributed by atoms with Crippen molar-refractivity contribution in [2.75, 3.05) is 13.7 Å². The summed E-state index contributed by atoms with van der Waals surface area (Å²) in [7, 11) is 1.47. The number of carbonyl (C=O) groups excluding carboxylic acids is 1. The lowest BCUT2D eigenvalue weighted by Crippen LogP contribution is -2.41. The van der Waals surface area contributed by atoms with Crippen LogP contribution in [0.1, 0.15) is 0 Å². The van der Waals surface area contributed by atoms with Gasteiger partial charge in [0.05, 0.1) is 6.61 Å². The maximum atomic E-state index is 10.3. The molecule has 0 aliphatic carbocycles. The number of carbonyl (C=O) groups is 1. The minimum absolute atomic E-state index is 0. The zero-order valence-corrected chi connectivity index (χ0v) is 5.94. The lowest BCUT2D eigenvalue weighted by molar-refractivity contribution is -0.122. The summed E-state index contributed by atoms with van der Waals surface area (Å²) in [4.78, 5) is 10.3. The van der Waals surface area contributed by atoms with Gasteiger partial charge in [-0.05, 0) is 0 Å². The zero-order chi connectivity index (χ0) is 6.57. The van der Waals surface area contributed by atoms with Crippen LogP contribution in [-0.2, 0) is 4.79 Å². The van der Waals surface area contributed by atoms with Crippen LogP contribution in [0.15, 0.2) is 0 Å². The largest absolute Gasteiger partial charge is 0.394 e. The Morgan fingerprint density at radius 1 is 1.89 bits per heavy atom. The Kier molecular flexibility index (Phi) is 7.41. The zero-order valence-electron chi connectivity index (χ0n) is 5.13. The average molecular weight is 155 g/mol. The van der Waals surface area contributed by atoms with Crippen molar-refractivity contribution >= 4 is 18.3 Å². The van der Waals surface area contributed by atoms with Crippen molar-refractivity contribution in [3.8, 4) is 0 Å². The number of hydrogen-bond acceptors (Lipinski definition) is 3. The standard InChI is InChI=1S/C4H10N2O2.ClH/c1-6-4(8)3(5)2-7;/h3,7H,2,5H2,1H3,(H,6,8);1H. The number of aliphatic hydroxyl groups excluding tert-OH is 1. The van der Waals surface area contributed by atoms with Crippen LogP contribution in [0.4, 0.5) is 0 Å². The average Bonchev–Trinajstić information content (AvgIpc) is 1.84. The molecule has 9 heavy (non-hydrogen) atoms. The second-order valence-electron chi connectivity index (χ2n) is 1.40. The predicted octanol–water partition coefficient (Wildman–Crippen LogP) is -1.53. The van der Waals surface area contributed by atoms with Crippen LogP contribution in [0.25, 0.3) is 0 Å². The molecule has 0 aliphatic rings. The van der Waals surface area contributed by atoms with Crippen LogP contribution in [0.3, 0.4) is 0 Å². The van der Waals surface area contributed by atoms with Crippen LogP contribution in [-0.4, -0.2) is 30.7 Å². The van der Waals surface area contributed by atoms with Crippen LogP contribution in [0.5, 0.6) is 0 Å². The van der Waals surface area contributed by atoms with Crippen molar-refractivity contribution in [2.45, 2.75) is 6.04 Å². The van der Waals surface area contributed by atoms with Gasteiger partial charge in [-0.1, -0.05) is 0 Å². The molecule has 0 aromatic carbocycles. The maximum absolute atomic E-state index is 10.3. The van der Waals surface area contributed by atoms with Crippen molar-refractivity contribution in [3.05, 3.63) is 0 Å². The number of hydrogen-bond donors (Lipinski definition) is 3. The first-order valence-corrected chi connectivity index (χ1v) is 2.30. The summed E-state index contributed by atoms with van der Waals surface area (Å²) in [5.74, 6) is -0.340. The molecule has 0 aliphatic heterocycles. The number of amides is 1. The first-order valence-electron chi connectivity index (χ1n) is 2.30. The summed E-state index contributed by atoms with van der Waals surface area (Å²) in [6.07, 6.45) is 0. The highest BCUT2D eigenvalue weighted by atomic mass is 35.5. The van der Waals surface area contributed by atoms with Gasteiger partial charge in [-0.15, -0.1) is 12.4 Å². The molecule has 0 aromatic rings. The summed E-state index contributed by atoms with van der Waals surface area (Å²) in [6.45, 7) is -0.306. The molecule has 0 radical (unpaired) electrons. The van der Waals surface area contributed by atoms with E-state index in [-0.39, 0.29) is 24.9 Å². The molecular formula is C4H11ClN2O2. The van der Waals surface area contributed by atoms with Gasteiger partial charge in [0.15, 0.2) is 0 Å². The molecule has 0 rings (SSSR count). The molecular weight excluding hydrogens is 144 g/mol. The van der Waals surface area contributed by atoms with Crippen LogP contribution in [0, 0.1) is 0 Å². The van der Waals surface area contributed by atoms with E-state index in [4.69, 9.17) is 10.8 Å². The number of nitrogens with two attached hydrogens (primary N) is 1. The molecule has 5 heteroatoms. The van der Waals surface area contributed by atoms with E-state index in [1.54, 1.807) is 0 Å². The third-order valence-electron chi connectivity index (χ3n) is 0.780. The van der Waals surface area contributed by atoms with Gasteiger partial charge in [0.2, 0.25) is 5.91 Å². The van der Waals surface area contributed by atoms with Gasteiger partial charge >= 0.3 is 0 Å². The number of rotatable bonds is 2. The molecule has 56 valence electrons. The molecule has 0 aromatic heterocycles. The molecule has 1 atom stereocenters. The number of aliphatic hydroxyl groups is 1. The molecule has 0 saturated carbocycles. The van der Waals surface area contributed by atoms with Crippen LogP contribution in [0.2, 0.25) is 0 Å². The summed E-state index contributed by atoms with van der Waals surface area (Å²) >= 11 is 0. The SMILES string of the molecule is CNC(=O)C(N)CO.Cl. The monoisotopic (exact) mass is 154 g/mol. The van der Waals surface area contributed by atoms with E-state index < -0.39 is 6.04 Å². The van der Waals surface area contributed by atoms with Gasteiger partial charge in [-0.2, -0.15) is 0 Å². The van der Waals surface area contributed by atoms with Gasteiger partial charge in [-0.3, -0.25) is 4.79 Å². The molecule has 0 saturated heterocycles. The van der Waals surface area contributed by atoms with Crippen molar-refractivity contribution in [2.24, 2.45) is 5.73 Å². The minimum atomic E-state index is -0.778. The van der Waals surface area contributed by atoms with E-state index in [0.717, 1.165) is 0 Å². The Morgan fingerprint density at radius 3 is 2.44 bits per heavy atom. The van der Waals surface area contributed by atoms with Crippen molar-refractivity contribution in [3.63, 3.8) is 0 Å². The highest BCUT2D eigenvalue weighted by Crippen LogP contribution is 1.71. The van der Waals surface area contributed by atoms with Gasteiger partial charge in [0.25, 0.3) is 0 Å². The van der Waals surface area contributed by atoms with Gasteiger partial charge in [0.1, 0.15) is 6.04 Å². The van der Waals surface area contributed by atoms with Crippen LogP contribution >= 0.6 is 12.4 Å². The fourth-order valence-corrected chi connectivity index (χ4v) is 0.268. The van der Waals surface area contributed by atoms with Gasteiger partial charge < -0.3 is 16.2 Å². The highest BCUT2D eigenvalue weighted by Gasteiger charge is 2.07. The fourth-order valence-electron chi connectivity index (χ4n) is 0.268. The second kappa shape index (κ2) is 5.81. The quantitative estimate of drug-likeness (QED) is 0.452. The molecule has 4 nitrogen and oxygen atoms in total. The summed E-state index contributed by atoms with van der Waals surface area (Å²) in [5.41, 5.74) is 5.06. The highest BCUT2D eigenvalue weighted by molar-refractivity contribution is 5.85. The Morgan fingerprint density at radius 2 is 2.33 bits per heavy atom. The number of halogens is 1. The van der Waals surface area contributed by atoms with Crippen LogP contribution < -0.4 is 11.1 Å². The van der Waals surface area contributed by atoms with Crippen molar-refractivity contribution in [1.82, 2.24) is 5.32 Å². The van der Waals surface area contributed by atoms with E-state index in [2.05, 4.69) is 5.32 Å². The Labute approximate surface area is 59.8 Å². The molecule has 0 fully saturated rings. The van der Waals surface area contributed by atoms with E-state index in [0.29, 0.717) is 0 Å². The first-order chi connectivity index (χ1) is 3.72.